The topological polar surface area (TPSA) is 41.3 Å². The summed E-state index contributed by atoms with van der Waals surface area (Å²) in [6.07, 6.45) is 3.41. The molecule has 1 aromatic rings. The van der Waals surface area contributed by atoms with Gasteiger partial charge in [0, 0.05) is 26.2 Å². The Morgan fingerprint density at radius 2 is 2.00 bits per heavy atom. The molecule has 88 valence electrons. The fourth-order valence-corrected chi connectivity index (χ4v) is 2.35. The number of rotatable bonds is 3. The minimum Gasteiger partial charge on any atom is -0.381 e. The van der Waals surface area contributed by atoms with Gasteiger partial charge < -0.3 is 16.0 Å². The number of para-hydroxylation sites is 2. The molecule has 1 aliphatic carbocycles. The highest BCUT2D eigenvalue weighted by Gasteiger charge is 2.22. The van der Waals surface area contributed by atoms with Crippen LogP contribution in [-0.4, -0.2) is 26.2 Å². The molecule has 1 fully saturated rings. The smallest absolute Gasteiger partial charge is 0.0596 e. The molecule has 3 N–H and O–H groups in total. The van der Waals surface area contributed by atoms with Crippen LogP contribution in [0, 0.1) is 0 Å². The molecule has 0 aromatic heterocycles. The van der Waals surface area contributed by atoms with Gasteiger partial charge in [-0.1, -0.05) is 12.1 Å². The number of nitrogens with two attached hydrogens (primary N) is 1. The van der Waals surface area contributed by atoms with Gasteiger partial charge in [0.2, 0.25) is 0 Å². The Balaban J connectivity index is 2.09. The van der Waals surface area contributed by atoms with Crippen molar-refractivity contribution in [1.82, 2.24) is 0 Å². The normalized spacial score (nSPS) is 24.4. The first kappa shape index (κ1) is 11.3. The summed E-state index contributed by atoms with van der Waals surface area (Å²) in [5, 5.41) is 3.60. The number of nitrogens with one attached hydrogen (secondary N) is 1. The van der Waals surface area contributed by atoms with Crippen molar-refractivity contribution in [3.8, 4) is 0 Å². The Bertz CT molecular complexity index is 349. The molecule has 0 aliphatic heterocycles. The van der Waals surface area contributed by atoms with Crippen LogP contribution >= 0.6 is 0 Å². The third-order valence-electron chi connectivity index (χ3n) is 3.22. The summed E-state index contributed by atoms with van der Waals surface area (Å²) in [6, 6.07) is 9.33. The lowest BCUT2D eigenvalue weighted by Gasteiger charge is -2.21. The van der Waals surface area contributed by atoms with Crippen molar-refractivity contribution in [2.45, 2.75) is 31.3 Å². The van der Waals surface area contributed by atoms with Gasteiger partial charge in [-0.15, -0.1) is 0 Å². The van der Waals surface area contributed by atoms with E-state index in [1.165, 1.54) is 17.8 Å². The first-order chi connectivity index (χ1) is 7.66. The molecule has 1 aliphatic rings. The Hall–Kier alpha value is -1.22. The summed E-state index contributed by atoms with van der Waals surface area (Å²) in [4.78, 5) is 2.14. The zero-order chi connectivity index (χ0) is 11.5. The van der Waals surface area contributed by atoms with E-state index in [-0.39, 0.29) is 0 Å². The second-order valence-corrected chi connectivity index (χ2v) is 4.83. The highest BCUT2D eigenvalue weighted by Crippen LogP contribution is 2.28. The molecule has 0 radical (unpaired) electrons. The summed E-state index contributed by atoms with van der Waals surface area (Å²) >= 11 is 0. The van der Waals surface area contributed by atoms with Crippen molar-refractivity contribution in [2.24, 2.45) is 5.73 Å². The van der Waals surface area contributed by atoms with Gasteiger partial charge in [-0.25, -0.2) is 0 Å². The van der Waals surface area contributed by atoms with E-state index in [1.807, 2.05) is 0 Å². The van der Waals surface area contributed by atoms with Crippen molar-refractivity contribution in [3.63, 3.8) is 0 Å². The van der Waals surface area contributed by atoms with Gasteiger partial charge in [0.1, 0.15) is 0 Å². The molecule has 0 amide bonds. The molecule has 2 rings (SSSR count). The molecule has 1 aromatic carbocycles. The Morgan fingerprint density at radius 1 is 1.25 bits per heavy atom. The second-order valence-electron chi connectivity index (χ2n) is 4.83. The molecule has 16 heavy (non-hydrogen) atoms. The van der Waals surface area contributed by atoms with Crippen molar-refractivity contribution < 1.29 is 0 Å². The van der Waals surface area contributed by atoms with E-state index in [1.54, 1.807) is 0 Å². The maximum absolute atomic E-state index is 5.93. The first-order valence-electron chi connectivity index (χ1n) is 5.95. The third-order valence-corrected chi connectivity index (χ3v) is 3.22. The fraction of sp³-hybridized carbons (Fsp3) is 0.538. The predicted molar refractivity (Wildman–Crippen MR) is 70.0 cm³/mol. The number of nitrogens with zero attached hydrogens (tertiary/aromatic N) is 1. The van der Waals surface area contributed by atoms with Crippen LogP contribution in [0.15, 0.2) is 24.3 Å². The first-order valence-corrected chi connectivity index (χ1v) is 5.95. The van der Waals surface area contributed by atoms with Crippen LogP contribution in [0.3, 0.4) is 0 Å². The monoisotopic (exact) mass is 219 g/mol. The van der Waals surface area contributed by atoms with Gasteiger partial charge in [0.25, 0.3) is 0 Å². The Labute approximate surface area is 97.6 Å². The number of hydrogen-bond donors (Lipinski definition) is 2. The molecular weight excluding hydrogens is 198 g/mol. The van der Waals surface area contributed by atoms with Crippen LogP contribution in [0.4, 0.5) is 11.4 Å². The number of anilines is 2. The minimum absolute atomic E-state index is 0.379. The lowest BCUT2D eigenvalue weighted by atomic mass is 10.2. The average Bonchev–Trinajstić information content (AvgIpc) is 2.64. The van der Waals surface area contributed by atoms with Crippen LogP contribution in [0.5, 0.6) is 0 Å². The summed E-state index contributed by atoms with van der Waals surface area (Å²) in [5.41, 5.74) is 8.38. The van der Waals surface area contributed by atoms with Crippen LogP contribution in [0.25, 0.3) is 0 Å². The van der Waals surface area contributed by atoms with Crippen LogP contribution in [0.1, 0.15) is 19.3 Å². The van der Waals surface area contributed by atoms with Gasteiger partial charge in [-0.3, -0.25) is 0 Å². The molecule has 3 heteroatoms. The molecule has 0 bridgehead atoms. The van der Waals surface area contributed by atoms with Gasteiger partial charge in [-0.2, -0.15) is 0 Å². The molecule has 0 spiro atoms. The highest BCUT2D eigenvalue weighted by atomic mass is 15.1. The van der Waals surface area contributed by atoms with E-state index in [0.29, 0.717) is 12.1 Å². The Morgan fingerprint density at radius 3 is 2.62 bits per heavy atom. The molecule has 0 heterocycles. The summed E-state index contributed by atoms with van der Waals surface area (Å²) in [6.45, 7) is 0. The standard InChI is InChI=1S/C13H21N3/c1-16(2)13-6-4-3-5-12(13)15-11-8-7-10(14)9-11/h3-6,10-11,15H,7-9,14H2,1-2H3. The summed E-state index contributed by atoms with van der Waals surface area (Å²) in [5.74, 6) is 0. The summed E-state index contributed by atoms with van der Waals surface area (Å²) in [7, 11) is 4.14. The van der Waals surface area contributed by atoms with Crippen LogP contribution < -0.4 is 16.0 Å². The quantitative estimate of drug-likeness (QED) is 0.817. The van der Waals surface area contributed by atoms with Gasteiger partial charge >= 0.3 is 0 Å². The largest absolute Gasteiger partial charge is 0.381 e. The maximum Gasteiger partial charge on any atom is 0.0596 e. The lowest BCUT2D eigenvalue weighted by Crippen LogP contribution is -2.22. The SMILES string of the molecule is CN(C)c1ccccc1NC1CCC(N)C1. The zero-order valence-electron chi connectivity index (χ0n) is 10.1. The van der Waals surface area contributed by atoms with Crippen LogP contribution in [-0.2, 0) is 0 Å². The van der Waals surface area contributed by atoms with E-state index in [4.69, 9.17) is 5.73 Å². The van der Waals surface area contributed by atoms with Crippen molar-refractivity contribution in [1.29, 1.82) is 0 Å². The maximum atomic E-state index is 5.93. The zero-order valence-corrected chi connectivity index (χ0v) is 10.1. The predicted octanol–water partition coefficient (Wildman–Crippen LogP) is 2.04. The second kappa shape index (κ2) is 4.74. The molecule has 2 unspecified atom stereocenters. The minimum atomic E-state index is 0.379. The third kappa shape index (κ3) is 2.47. The number of benzene rings is 1. The summed E-state index contributed by atoms with van der Waals surface area (Å²) < 4.78 is 0. The molecule has 1 saturated carbocycles. The molecular formula is C13H21N3. The van der Waals surface area contributed by atoms with Crippen molar-refractivity contribution in [2.75, 3.05) is 24.3 Å². The van der Waals surface area contributed by atoms with E-state index in [9.17, 15) is 0 Å². The van der Waals surface area contributed by atoms with E-state index in [2.05, 4.69) is 48.6 Å². The average molecular weight is 219 g/mol. The van der Waals surface area contributed by atoms with E-state index >= 15 is 0 Å². The number of hydrogen-bond acceptors (Lipinski definition) is 3. The fourth-order valence-electron chi connectivity index (χ4n) is 2.35. The van der Waals surface area contributed by atoms with Crippen molar-refractivity contribution >= 4 is 11.4 Å². The van der Waals surface area contributed by atoms with Gasteiger partial charge in [0.15, 0.2) is 0 Å². The lowest BCUT2D eigenvalue weighted by molar-refractivity contribution is 0.688. The van der Waals surface area contributed by atoms with Crippen LogP contribution in [0.2, 0.25) is 0 Å². The van der Waals surface area contributed by atoms with Crippen molar-refractivity contribution in [3.05, 3.63) is 24.3 Å². The highest BCUT2D eigenvalue weighted by molar-refractivity contribution is 5.69. The Kier molecular flexibility index (Phi) is 3.34. The molecule has 0 saturated heterocycles. The van der Waals surface area contributed by atoms with Gasteiger partial charge in [-0.05, 0) is 31.4 Å². The molecule has 2 atom stereocenters. The molecule has 3 nitrogen and oxygen atoms in total. The van der Waals surface area contributed by atoms with Gasteiger partial charge in [0.05, 0.1) is 11.4 Å². The van der Waals surface area contributed by atoms with E-state index < -0.39 is 0 Å². The van der Waals surface area contributed by atoms with E-state index in [0.717, 1.165) is 12.8 Å².